The Kier molecular flexibility index (Phi) is 5.77. The van der Waals surface area contributed by atoms with Gasteiger partial charge in [0.25, 0.3) is 0 Å². The number of ether oxygens (including phenoxy) is 2. The van der Waals surface area contributed by atoms with Crippen LogP contribution in [0.5, 0.6) is 0 Å². The molecule has 0 saturated carbocycles. The van der Waals surface area contributed by atoms with Crippen molar-refractivity contribution in [3.8, 4) is 0 Å². The Hall–Kier alpha value is -1.72. The molecule has 0 amide bonds. The Morgan fingerprint density at radius 2 is 1.70 bits per heavy atom. The Balaban J connectivity index is 1.96. The van der Waals surface area contributed by atoms with E-state index in [1.54, 1.807) is 0 Å². The fourth-order valence-corrected chi connectivity index (χ4v) is 3.09. The van der Waals surface area contributed by atoms with Gasteiger partial charge in [0, 0.05) is 6.54 Å². The van der Waals surface area contributed by atoms with E-state index in [2.05, 4.69) is 29.6 Å². The molecule has 0 aliphatic carbocycles. The van der Waals surface area contributed by atoms with Gasteiger partial charge in [0.2, 0.25) is 0 Å². The van der Waals surface area contributed by atoms with Crippen LogP contribution in [0.25, 0.3) is 0 Å². The average molecular weight is 313 g/mol. The lowest BCUT2D eigenvalue weighted by Gasteiger charge is -2.32. The van der Waals surface area contributed by atoms with Crippen molar-refractivity contribution in [3.63, 3.8) is 0 Å². The maximum atomic E-state index is 9.21. The number of nitrogens with one attached hydrogen (secondary N) is 1. The van der Waals surface area contributed by atoms with Gasteiger partial charge in [0.1, 0.15) is 6.23 Å². The van der Waals surface area contributed by atoms with Gasteiger partial charge in [0.05, 0.1) is 31.8 Å². The molecule has 1 heterocycles. The molecule has 122 valence electrons. The van der Waals surface area contributed by atoms with E-state index >= 15 is 0 Å². The van der Waals surface area contributed by atoms with Crippen LogP contribution < -0.4 is 5.32 Å². The lowest BCUT2D eigenvalue weighted by atomic mass is 9.87. The molecule has 0 aromatic heterocycles. The Labute approximate surface area is 137 Å². The third-order valence-corrected chi connectivity index (χ3v) is 4.10. The van der Waals surface area contributed by atoms with Gasteiger partial charge >= 0.3 is 0 Å². The van der Waals surface area contributed by atoms with Crippen LogP contribution in [-0.4, -0.2) is 37.7 Å². The zero-order valence-electron chi connectivity index (χ0n) is 13.1. The molecule has 2 aromatic rings. The van der Waals surface area contributed by atoms with Crippen LogP contribution in [-0.2, 0) is 9.47 Å². The second-order valence-corrected chi connectivity index (χ2v) is 5.61. The second kappa shape index (κ2) is 8.22. The van der Waals surface area contributed by atoms with Gasteiger partial charge in [-0.3, -0.25) is 5.32 Å². The van der Waals surface area contributed by atoms with Crippen molar-refractivity contribution >= 4 is 0 Å². The number of aliphatic hydroxyl groups is 1. The zero-order chi connectivity index (χ0) is 15.9. The number of benzene rings is 2. The highest BCUT2D eigenvalue weighted by Crippen LogP contribution is 2.37. The van der Waals surface area contributed by atoms with Gasteiger partial charge in [0.15, 0.2) is 0 Å². The molecule has 0 radical (unpaired) electrons. The van der Waals surface area contributed by atoms with Crippen molar-refractivity contribution in [2.24, 2.45) is 0 Å². The molecule has 3 rings (SSSR count). The van der Waals surface area contributed by atoms with Crippen molar-refractivity contribution in [1.29, 1.82) is 0 Å². The predicted octanol–water partition coefficient (Wildman–Crippen LogP) is 2.47. The number of hydrogen-bond donors (Lipinski definition) is 2. The molecule has 3 unspecified atom stereocenters. The van der Waals surface area contributed by atoms with Crippen LogP contribution in [0.1, 0.15) is 23.1 Å². The molecule has 0 bridgehead atoms. The maximum Gasteiger partial charge on any atom is 0.118 e. The highest BCUT2D eigenvalue weighted by Gasteiger charge is 2.35. The van der Waals surface area contributed by atoms with Gasteiger partial charge in [-0.05, 0) is 11.1 Å². The average Bonchev–Trinajstić information content (AvgIpc) is 3.14. The molecular weight excluding hydrogens is 290 g/mol. The number of aliphatic hydroxyl groups excluding tert-OH is 1. The zero-order valence-corrected chi connectivity index (χ0v) is 13.1. The van der Waals surface area contributed by atoms with E-state index in [0.717, 1.165) is 12.1 Å². The van der Waals surface area contributed by atoms with E-state index in [0.29, 0.717) is 13.2 Å². The van der Waals surface area contributed by atoms with Gasteiger partial charge in [-0.2, -0.15) is 0 Å². The van der Waals surface area contributed by atoms with Crippen molar-refractivity contribution in [2.75, 3.05) is 26.4 Å². The summed E-state index contributed by atoms with van der Waals surface area (Å²) in [5.41, 5.74) is 2.26. The lowest BCUT2D eigenvalue weighted by Crippen LogP contribution is -2.35. The number of rotatable bonds is 7. The molecular formula is C19H23NO3. The summed E-state index contributed by atoms with van der Waals surface area (Å²) in [5.74, 6) is 0.0210. The third kappa shape index (κ3) is 3.98. The molecule has 2 aromatic carbocycles. The van der Waals surface area contributed by atoms with E-state index in [4.69, 9.17) is 9.47 Å². The largest absolute Gasteiger partial charge is 0.394 e. The molecule has 4 heteroatoms. The summed E-state index contributed by atoms with van der Waals surface area (Å²) < 4.78 is 11.9. The van der Waals surface area contributed by atoms with Crippen LogP contribution in [0, 0.1) is 0 Å². The van der Waals surface area contributed by atoms with E-state index in [-0.39, 0.29) is 24.9 Å². The smallest absolute Gasteiger partial charge is 0.118 e. The van der Waals surface area contributed by atoms with E-state index < -0.39 is 0 Å². The summed E-state index contributed by atoms with van der Waals surface area (Å²) in [6.45, 7) is 1.85. The first-order chi connectivity index (χ1) is 11.4. The molecule has 3 atom stereocenters. The fourth-order valence-electron chi connectivity index (χ4n) is 3.09. The normalized spacial score (nSPS) is 20.3. The monoisotopic (exact) mass is 313 g/mol. The first-order valence-corrected chi connectivity index (χ1v) is 8.07. The molecule has 23 heavy (non-hydrogen) atoms. The third-order valence-electron chi connectivity index (χ3n) is 4.10. The molecule has 1 fully saturated rings. The van der Waals surface area contributed by atoms with Crippen molar-refractivity contribution in [2.45, 2.75) is 18.2 Å². The quantitative estimate of drug-likeness (QED) is 0.824. The minimum Gasteiger partial charge on any atom is -0.394 e. The van der Waals surface area contributed by atoms with E-state index in [1.165, 1.54) is 5.56 Å². The molecule has 1 aliphatic heterocycles. The van der Waals surface area contributed by atoms with Crippen molar-refractivity contribution in [1.82, 2.24) is 5.32 Å². The summed E-state index contributed by atoms with van der Waals surface area (Å²) in [4.78, 5) is 0. The van der Waals surface area contributed by atoms with Crippen LogP contribution in [0.3, 0.4) is 0 Å². The minimum atomic E-state index is -0.179. The minimum absolute atomic E-state index is 0.00377. The van der Waals surface area contributed by atoms with Crippen molar-refractivity contribution in [3.05, 3.63) is 71.8 Å². The van der Waals surface area contributed by atoms with E-state index in [1.807, 2.05) is 36.4 Å². The van der Waals surface area contributed by atoms with Gasteiger partial charge < -0.3 is 14.6 Å². The first kappa shape index (κ1) is 16.1. The second-order valence-electron chi connectivity index (χ2n) is 5.61. The molecule has 4 nitrogen and oxygen atoms in total. The Bertz CT molecular complexity index is 570. The summed E-state index contributed by atoms with van der Waals surface area (Å²) in [5, 5.41) is 12.6. The van der Waals surface area contributed by atoms with Crippen LogP contribution in [0.15, 0.2) is 60.7 Å². The maximum absolute atomic E-state index is 9.21. The Morgan fingerprint density at radius 1 is 1.04 bits per heavy atom. The van der Waals surface area contributed by atoms with Crippen LogP contribution >= 0.6 is 0 Å². The molecule has 1 saturated heterocycles. The topological polar surface area (TPSA) is 50.7 Å². The summed E-state index contributed by atoms with van der Waals surface area (Å²) in [7, 11) is 0. The van der Waals surface area contributed by atoms with E-state index in [9.17, 15) is 5.11 Å². The predicted molar refractivity (Wildman–Crippen MR) is 89.1 cm³/mol. The summed E-state index contributed by atoms with van der Waals surface area (Å²) >= 11 is 0. The molecule has 2 N–H and O–H groups in total. The van der Waals surface area contributed by atoms with Gasteiger partial charge in [-0.15, -0.1) is 0 Å². The highest BCUT2D eigenvalue weighted by molar-refractivity contribution is 5.28. The first-order valence-electron chi connectivity index (χ1n) is 8.07. The van der Waals surface area contributed by atoms with Crippen LogP contribution in [0.2, 0.25) is 0 Å². The summed E-state index contributed by atoms with van der Waals surface area (Å²) in [6, 6.07) is 20.4. The fraction of sp³-hybridized carbons (Fsp3) is 0.368. The Morgan fingerprint density at radius 3 is 2.26 bits per heavy atom. The molecule has 1 aliphatic rings. The standard InChI is InChI=1S/C19H23NO3/c21-12-14-22-18(16-9-5-2-6-10-16)17(19-20-11-13-23-19)15-7-3-1-4-8-15/h1-10,17-21H,11-14H2. The van der Waals surface area contributed by atoms with Crippen molar-refractivity contribution < 1.29 is 14.6 Å². The van der Waals surface area contributed by atoms with Gasteiger partial charge in [-0.25, -0.2) is 0 Å². The highest BCUT2D eigenvalue weighted by atomic mass is 16.5. The number of hydrogen-bond acceptors (Lipinski definition) is 4. The lowest BCUT2D eigenvalue weighted by molar-refractivity contribution is -0.0327. The van der Waals surface area contributed by atoms with Crippen LogP contribution in [0.4, 0.5) is 0 Å². The molecule has 0 spiro atoms. The van der Waals surface area contributed by atoms with Gasteiger partial charge in [-0.1, -0.05) is 60.7 Å². The SMILES string of the molecule is OCCOC(c1ccccc1)C(c1ccccc1)C1NCCO1. The summed E-state index contributed by atoms with van der Waals surface area (Å²) in [6.07, 6.45) is -0.275.